The van der Waals surface area contributed by atoms with E-state index in [9.17, 15) is 19.1 Å². The van der Waals surface area contributed by atoms with E-state index >= 15 is 0 Å². The van der Waals surface area contributed by atoms with Crippen molar-refractivity contribution in [2.75, 3.05) is 7.05 Å². The van der Waals surface area contributed by atoms with Crippen molar-refractivity contribution in [2.24, 2.45) is 0 Å². The lowest BCUT2D eigenvalue weighted by atomic mass is 10.0. The summed E-state index contributed by atoms with van der Waals surface area (Å²) in [5.74, 6) is -2.31. The fourth-order valence-corrected chi connectivity index (χ4v) is 1.90. The first-order chi connectivity index (χ1) is 9.75. The van der Waals surface area contributed by atoms with Gasteiger partial charge in [-0.3, -0.25) is 9.78 Å². The third-order valence-corrected chi connectivity index (χ3v) is 3.57. The number of aliphatic carboxylic acids is 1. The van der Waals surface area contributed by atoms with Gasteiger partial charge in [0, 0.05) is 18.6 Å². The Morgan fingerprint density at radius 2 is 2.00 bits per heavy atom. The van der Waals surface area contributed by atoms with Gasteiger partial charge in [0.1, 0.15) is 11.4 Å². The summed E-state index contributed by atoms with van der Waals surface area (Å²) in [5.41, 5.74) is -1.02. The first kappa shape index (κ1) is 14.9. The van der Waals surface area contributed by atoms with Gasteiger partial charge in [-0.1, -0.05) is 6.07 Å². The SMILES string of the molecule is CN(C(=O)c1cc(F)cc2cccnc12)C(C)(C)C(=O)O. The van der Waals surface area contributed by atoms with Gasteiger partial charge in [0.05, 0.1) is 11.1 Å². The summed E-state index contributed by atoms with van der Waals surface area (Å²) in [4.78, 5) is 28.9. The van der Waals surface area contributed by atoms with E-state index in [1.807, 2.05) is 0 Å². The van der Waals surface area contributed by atoms with Crippen LogP contribution < -0.4 is 0 Å². The Labute approximate surface area is 121 Å². The van der Waals surface area contributed by atoms with Crippen LogP contribution in [0.15, 0.2) is 30.5 Å². The Kier molecular flexibility index (Phi) is 3.63. The van der Waals surface area contributed by atoms with Crippen molar-refractivity contribution in [3.8, 4) is 0 Å². The number of carboxylic acids is 1. The number of halogens is 1. The van der Waals surface area contributed by atoms with E-state index in [0.29, 0.717) is 10.9 Å². The zero-order valence-corrected chi connectivity index (χ0v) is 11.9. The molecule has 0 radical (unpaired) electrons. The molecule has 110 valence electrons. The number of pyridine rings is 1. The van der Waals surface area contributed by atoms with E-state index in [4.69, 9.17) is 0 Å². The second-order valence-electron chi connectivity index (χ2n) is 5.26. The molecule has 6 heteroatoms. The van der Waals surface area contributed by atoms with Gasteiger partial charge in [0.25, 0.3) is 5.91 Å². The van der Waals surface area contributed by atoms with Gasteiger partial charge >= 0.3 is 5.97 Å². The van der Waals surface area contributed by atoms with Crippen LogP contribution in [0.2, 0.25) is 0 Å². The first-order valence-electron chi connectivity index (χ1n) is 6.31. The molecule has 21 heavy (non-hydrogen) atoms. The maximum Gasteiger partial charge on any atom is 0.329 e. The minimum Gasteiger partial charge on any atom is -0.480 e. The van der Waals surface area contributed by atoms with Gasteiger partial charge < -0.3 is 10.0 Å². The number of fused-ring (bicyclic) bond motifs is 1. The molecular formula is C15H15FN2O3. The van der Waals surface area contributed by atoms with Crippen LogP contribution in [0.5, 0.6) is 0 Å². The number of benzene rings is 1. The smallest absolute Gasteiger partial charge is 0.329 e. The Balaban J connectivity index is 2.56. The van der Waals surface area contributed by atoms with Crippen molar-refractivity contribution in [2.45, 2.75) is 19.4 Å². The number of carbonyl (C=O) groups excluding carboxylic acids is 1. The predicted octanol–water partition coefficient (Wildman–Crippen LogP) is 2.31. The Morgan fingerprint density at radius 3 is 2.62 bits per heavy atom. The topological polar surface area (TPSA) is 70.5 Å². The number of hydrogen-bond acceptors (Lipinski definition) is 3. The van der Waals surface area contributed by atoms with E-state index in [0.717, 1.165) is 11.0 Å². The van der Waals surface area contributed by atoms with Crippen LogP contribution in [0.4, 0.5) is 4.39 Å². The maximum atomic E-state index is 13.7. The van der Waals surface area contributed by atoms with Crippen molar-refractivity contribution in [1.29, 1.82) is 0 Å². The van der Waals surface area contributed by atoms with Gasteiger partial charge in [-0.05, 0) is 32.0 Å². The van der Waals surface area contributed by atoms with Gasteiger partial charge in [-0.2, -0.15) is 0 Å². The van der Waals surface area contributed by atoms with Crippen LogP contribution in [0.25, 0.3) is 10.9 Å². The molecule has 0 atom stereocenters. The molecule has 1 heterocycles. The lowest BCUT2D eigenvalue weighted by Crippen LogP contribution is -2.50. The molecule has 0 bridgehead atoms. The molecule has 1 aromatic heterocycles. The minimum atomic E-state index is -1.41. The van der Waals surface area contributed by atoms with Gasteiger partial charge in [-0.25, -0.2) is 9.18 Å². The number of amides is 1. The molecule has 1 N–H and O–H groups in total. The molecule has 1 amide bonds. The summed E-state index contributed by atoms with van der Waals surface area (Å²) in [6.07, 6.45) is 1.50. The Morgan fingerprint density at radius 1 is 1.33 bits per heavy atom. The van der Waals surface area contributed by atoms with Crippen LogP contribution in [0, 0.1) is 5.82 Å². The highest BCUT2D eigenvalue weighted by atomic mass is 19.1. The van der Waals surface area contributed by atoms with Crippen LogP contribution in [0.1, 0.15) is 24.2 Å². The number of hydrogen-bond donors (Lipinski definition) is 1. The molecule has 0 fully saturated rings. The van der Waals surface area contributed by atoms with E-state index in [1.54, 1.807) is 12.1 Å². The summed E-state index contributed by atoms with van der Waals surface area (Å²) >= 11 is 0. The highest BCUT2D eigenvalue weighted by Crippen LogP contribution is 2.23. The summed E-state index contributed by atoms with van der Waals surface area (Å²) in [7, 11) is 1.37. The molecule has 0 saturated carbocycles. The second kappa shape index (κ2) is 5.12. The van der Waals surface area contributed by atoms with Crippen LogP contribution in [-0.2, 0) is 4.79 Å². The average molecular weight is 290 g/mol. The quantitative estimate of drug-likeness (QED) is 0.941. The number of rotatable bonds is 3. The highest BCUT2D eigenvalue weighted by molar-refractivity contribution is 6.06. The molecular weight excluding hydrogens is 275 g/mol. The molecule has 2 rings (SSSR count). The summed E-state index contributed by atoms with van der Waals surface area (Å²) in [6, 6.07) is 5.64. The average Bonchev–Trinajstić information content (AvgIpc) is 2.44. The maximum absolute atomic E-state index is 13.7. The molecule has 0 spiro atoms. The van der Waals surface area contributed by atoms with Crippen molar-refractivity contribution in [3.63, 3.8) is 0 Å². The molecule has 0 aliphatic heterocycles. The number of likely N-dealkylation sites (N-methyl/N-ethyl adjacent to an activating group) is 1. The van der Waals surface area contributed by atoms with E-state index in [1.165, 1.54) is 33.2 Å². The third-order valence-electron chi connectivity index (χ3n) is 3.57. The van der Waals surface area contributed by atoms with Crippen molar-refractivity contribution >= 4 is 22.8 Å². The minimum absolute atomic E-state index is 0.0439. The Hall–Kier alpha value is -2.50. The largest absolute Gasteiger partial charge is 0.480 e. The monoisotopic (exact) mass is 290 g/mol. The molecule has 1 aromatic carbocycles. The third kappa shape index (κ3) is 2.56. The first-order valence-corrected chi connectivity index (χ1v) is 6.31. The van der Waals surface area contributed by atoms with E-state index in [-0.39, 0.29) is 5.56 Å². The molecule has 0 unspecified atom stereocenters. The summed E-state index contributed by atoms with van der Waals surface area (Å²) in [6.45, 7) is 2.81. The molecule has 0 saturated heterocycles. The van der Waals surface area contributed by atoms with Gasteiger partial charge in [-0.15, -0.1) is 0 Å². The van der Waals surface area contributed by atoms with Crippen LogP contribution >= 0.6 is 0 Å². The molecule has 0 aliphatic rings. The van der Waals surface area contributed by atoms with Gasteiger partial charge in [0.2, 0.25) is 0 Å². The molecule has 0 aliphatic carbocycles. The standard InChI is InChI=1S/C15H15FN2O3/c1-15(2,14(20)21)18(3)13(19)11-8-10(16)7-9-5-4-6-17-12(9)11/h4-8H,1-3H3,(H,20,21). The fraction of sp³-hybridized carbons (Fsp3) is 0.267. The number of aromatic nitrogens is 1. The van der Waals surface area contributed by atoms with E-state index in [2.05, 4.69) is 4.98 Å². The van der Waals surface area contributed by atoms with E-state index < -0.39 is 23.2 Å². The predicted molar refractivity (Wildman–Crippen MR) is 75.5 cm³/mol. The Bertz CT molecular complexity index is 728. The second-order valence-corrected chi connectivity index (χ2v) is 5.26. The summed E-state index contributed by atoms with van der Waals surface area (Å²) in [5, 5.41) is 9.68. The normalized spacial score (nSPS) is 11.4. The lowest BCUT2D eigenvalue weighted by Gasteiger charge is -2.31. The lowest BCUT2D eigenvalue weighted by molar-refractivity contribution is -0.147. The molecule has 5 nitrogen and oxygen atoms in total. The highest BCUT2D eigenvalue weighted by Gasteiger charge is 2.36. The zero-order chi connectivity index (χ0) is 15.8. The van der Waals surface area contributed by atoms with Crippen LogP contribution in [0.3, 0.4) is 0 Å². The zero-order valence-electron chi connectivity index (χ0n) is 11.9. The number of carbonyl (C=O) groups is 2. The summed E-state index contributed by atoms with van der Waals surface area (Å²) < 4.78 is 13.7. The van der Waals surface area contributed by atoms with Gasteiger partial charge in [0.15, 0.2) is 0 Å². The van der Waals surface area contributed by atoms with Crippen LogP contribution in [-0.4, -0.2) is 39.5 Å². The number of carboxylic acid groups (broad SMARTS) is 1. The molecule has 2 aromatic rings. The van der Waals surface area contributed by atoms with Crippen molar-refractivity contribution in [1.82, 2.24) is 9.88 Å². The van der Waals surface area contributed by atoms with Crippen molar-refractivity contribution in [3.05, 3.63) is 41.8 Å². The van der Waals surface area contributed by atoms with Crippen molar-refractivity contribution < 1.29 is 19.1 Å². The fourth-order valence-electron chi connectivity index (χ4n) is 1.90. The number of nitrogens with zero attached hydrogens (tertiary/aromatic N) is 2.